The van der Waals surface area contributed by atoms with Gasteiger partial charge in [-0.3, -0.25) is 9.59 Å². The number of fused-ring (bicyclic) bond motifs is 1. The molecule has 0 N–H and O–H groups in total. The summed E-state index contributed by atoms with van der Waals surface area (Å²) in [5.74, 6) is -1.63. The van der Waals surface area contributed by atoms with Gasteiger partial charge in [0.15, 0.2) is 0 Å². The number of hydrogen-bond acceptors (Lipinski definition) is 4. The smallest absolute Gasteiger partial charge is 0.320 e. The zero-order chi connectivity index (χ0) is 9.42. The summed E-state index contributed by atoms with van der Waals surface area (Å²) in [6.07, 6.45) is 3.93. The molecular weight excluding hydrogens is 172 g/mol. The van der Waals surface area contributed by atoms with E-state index in [-0.39, 0.29) is 12.0 Å². The minimum Gasteiger partial charge on any atom is -0.393 e. The molecule has 4 heteroatoms. The summed E-state index contributed by atoms with van der Waals surface area (Å²) >= 11 is 0. The number of esters is 2. The van der Waals surface area contributed by atoms with Gasteiger partial charge in [0.1, 0.15) is 5.92 Å². The van der Waals surface area contributed by atoms with Crippen molar-refractivity contribution in [3.63, 3.8) is 0 Å². The van der Waals surface area contributed by atoms with Crippen molar-refractivity contribution in [1.82, 2.24) is 0 Å². The highest BCUT2D eigenvalue weighted by atomic mass is 16.6. The molecule has 70 valence electrons. The molecule has 0 saturated carbocycles. The predicted molar refractivity (Wildman–Crippen MR) is 42.6 cm³/mol. The van der Waals surface area contributed by atoms with Crippen LogP contribution in [0.1, 0.15) is 6.42 Å². The van der Waals surface area contributed by atoms with Gasteiger partial charge in [0.25, 0.3) is 0 Å². The van der Waals surface area contributed by atoms with Gasteiger partial charge in [-0.25, -0.2) is 0 Å². The van der Waals surface area contributed by atoms with Crippen molar-refractivity contribution in [3.8, 4) is 0 Å². The highest BCUT2D eigenvalue weighted by molar-refractivity contribution is 5.97. The maximum atomic E-state index is 11.2. The van der Waals surface area contributed by atoms with Crippen molar-refractivity contribution in [2.75, 3.05) is 7.11 Å². The highest BCUT2D eigenvalue weighted by Gasteiger charge is 2.48. The number of methoxy groups -OCH3 is 1. The number of cyclic esters (lactones) is 2. The van der Waals surface area contributed by atoms with Gasteiger partial charge in [-0.15, -0.1) is 0 Å². The van der Waals surface area contributed by atoms with Crippen LogP contribution >= 0.6 is 0 Å². The minimum absolute atomic E-state index is 0.308. The lowest BCUT2D eigenvalue weighted by Crippen LogP contribution is -2.32. The number of rotatable bonds is 1. The Morgan fingerprint density at radius 2 is 2.23 bits per heavy atom. The molecule has 1 heterocycles. The molecule has 0 amide bonds. The topological polar surface area (TPSA) is 52.6 Å². The van der Waals surface area contributed by atoms with E-state index in [9.17, 15) is 9.59 Å². The first-order valence-electron chi connectivity index (χ1n) is 4.19. The largest absolute Gasteiger partial charge is 0.393 e. The molecular formula is C9H10O4. The molecule has 0 bridgehead atoms. The van der Waals surface area contributed by atoms with Crippen LogP contribution < -0.4 is 0 Å². The molecule has 1 aliphatic heterocycles. The molecule has 2 rings (SSSR count). The van der Waals surface area contributed by atoms with E-state index in [1.165, 1.54) is 7.11 Å². The van der Waals surface area contributed by atoms with E-state index in [2.05, 4.69) is 4.74 Å². The molecule has 0 spiro atoms. The van der Waals surface area contributed by atoms with E-state index in [0.717, 1.165) is 0 Å². The Bertz CT molecular complexity index is 281. The second kappa shape index (κ2) is 2.96. The Kier molecular flexibility index (Phi) is 1.92. The van der Waals surface area contributed by atoms with Crippen LogP contribution in [0.2, 0.25) is 0 Å². The van der Waals surface area contributed by atoms with Crippen molar-refractivity contribution >= 4 is 11.9 Å². The van der Waals surface area contributed by atoms with Gasteiger partial charge in [-0.2, -0.15) is 0 Å². The molecule has 1 fully saturated rings. The Hall–Kier alpha value is -1.16. The maximum Gasteiger partial charge on any atom is 0.320 e. The van der Waals surface area contributed by atoms with Crippen molar-refractivity contribution in [3.05, 3.63) is 12.2 Å². The van der Waals surface area contributed by atoms with E-state index in [1.54, 1.807) is 6.08 Å². The van der Waals surface area contributed by atoms with Crippen LogP contribution in [0, 0.1) is 11.8 Å². The van der Waals surface area contributed by atoms with Crippen LogP contribution in [-0.4, -0.2) is 25.2 Å². The Labute approximate surface area is 75.5 Å². The van der Waals surface area contributed by atoms with Gasteiger partial charge < -0.3 is 9.47 Å². The van der Waals surface area contributed by atoms with Crippen molar-refractivity contribution < 1.29 is 19.1 Å². The van der Waals surface area contributed by atoms with E-state index in [1.807, 2.05) is 6.08 Å². The number of carbonyl (C=O) groups is 2. The average Bonchev–Trinajstić information content (AvgIpc) is 2.43. The lowest BCUT2D eigenvalue weighted by molar-refractivity contribution is -0.154. The third-order valence-electron chi connectivity index (χ3n) is 2.55. The van der Waals surface area contributed by atoms with Crippen molar-refractivity contribution in [2.45, 2.75) is 12.5 Å². The van der Waals surface area contributed by atoms with Gasteiger partial charge in [0, 0.05) is 7.11 Å². The van der Waals surface area contributed by atoms with E-state index < -0.39 is 17.9 Å². The lowest BCUT2D eigenvalue weighted by atomic mass is 9.83. The van der Waals surface area contributed by atoms with Crippen LogP contribution in [0.15, 0.2) is 12.2 Å². The molecule has 0 radical (unpaired) electrons. The lowest BCUT2D eigenvalue weighted by Gasteiger charge is -2.22. The van der Waals surface area contributed by atoms with Crippen LogP contribution in [0.3, 0.4) is 0 Å². The fourth-order valence-corrected chi connectivity index (χ4v) is 1.86. The second-order valence-electron chi connectivity index (χ2n) is 3.24. The molecule has 2 aliphatic rings. The molecule has 1 aliphatic carbocycles. The Balaban J connectivity index is 2.29. The van der Waals surface area contributed by atoms with Gasteiger partial charge in [0.05, 0.1) is 12.0 Å². The minimum atomic E-state index is -0.453. The molecule has 0 aromatic rings. The standard InChI is InChI=1S/C9H10O4/c1-12-6-4-2-3-5-7(6)9(11)13-8(5)10/h2,4-7H,3H2,1H3. The van der Waals surface area contributed by atoms with Crippen molar-refractivity contribution in [2.24, 2.45) is 11.8 Å². The predicted octanol–water partition coefficient (Wildman–Crippen LogP) is 0.277. The van der Waals surface area contributed by atoms with Crippen LogP contribution in [-0.2, 0) is 19.1 Å². The summed E-state index contributed by atoms with van der Waals surface area (Å²) in [4.78, 5) is 22.4. The number of ether oxygens (including phenoxy) is 2. The fourth-order valence-electron chi connectivity index (χ4n) is 1.86. The molecule has 13 heavy (non-hydrogen) atoms. The fraction of sp³-hybridized carbons (Fsp3) is 0.556. The quantitative estimate of drug-likeness (QED) is 0.332. The number of allylic oxidation sites excluding steroid dienone is 1. The zero-order valence-corrected chi connectivity index (χ0v) is 7.23. The van der Waals surface area contributed by atoms with E-state index in [4.69, 9.17) is 4.74 Å². The van der Waals surface area contributed by atoms with E-state index >= 15 is 0 Å². The third-order valence-corrected chi connectivity index (χ3v) is 2.55. The Morgan fingerprint density at radius 1 is 1.46 bits per heavy atom. The highest BCUT2D eigenvalue weighted by Crippen LogP contribution is 2.34. The second-order valence-corrected chi connectivity index (χ2v) is 3.24. The maximum absolute atomic E-state index is 11.2. The van der Waals surface area contributed by atoms with Gasteiger partial charge >= 0.3 is 11.9 Å². The number of hydrogen-bond donors (Lipinski definition) is 0. The molecule has 4 nitrogen and oxygen atoms in total. The first-order valence-corrected chi connectivity index (χ1v) is 4.19. The van der Waals surface area contributed by atoms with Gasteiger partial charge in [-0.1, -0.05) is 12.2 Å². The van der Waals surface area contributed by atoms with E-state index in [0.29, 0.717) is 6.42 Å². The summed E-state index contributed by atoms with van der Waals surface area (Å²) < 4.78 is 9.63. The van der Waals surface area contributed by atoms with Crippen LogP contribution in [0.4, 0.5) is 0 Å². The SMILES string of the molecule is COC1C=CCC2C(=O)OC(=O)C12. The molecule has 0 aromatic heterocycles. The summed E-state index contributed by atoms with van der Waals surface area (Å²) in [6.45, 7) is 0. The van der Waals surface area contributed by atoms with Crippen molar-refractivity contribution in [1.29, 1.82) is 0 Å². The summed E-state index contributed by atoms with van der Waals surface area (Å²) in [5, 5.41) is 0. The van der Waals surface area contributed by atoms with Gasteiger partial charge in [-0.05, 0) is 6.42 Å². The normalized spacial score (nSPS) is 37.5. The molecule has 3 unspecified atom stereocenters. The Morgan fingerprint density at radius 3 is 2.92 bits per heavy atom. The van der Waals surface area contributed by atoms with Crippen LogP contribution in [0.5, 0.6) is 0 Å². The monoisotopic (exact) mass is 182 g/mol. The third kappa shape index (κ3) is 1.18. The molecule has 3 atom stereocenters. The van der Waals surface area contributed by atoms with Crippen LogP contribution in [0.25, 0.3) is 0 Å². The summed E-state index contributed by atoms with van der Waals surface area (Å²) in [6, 6.07) is 0. The molecule has 0 aromatic carbocycles. The average molecular weight is 182 g/mol. The molecule has 1 saturated heterocycles. The first kappa shape index (κ1) is 8.44. The summed E-state index contributed by atoms with van der Waals surface area (Å²) in [5.41, 5.74) is 0. The van der Waals surface area contributed by atoms with Gasteiger partial charge in [0.2, 0.25) is 0 Å². The number of carbonyl (C=O) groups excluding carboxylic acids is 2. The first-order chi connectivity index (χ1) is 6.24. The zero-order valence-electron chi connectivity index (χ0n) is 7.23. The summed E-state index contributed by atoms with van der Waals surface area (Å²) in [7, 11) is 1.52.